The second-order valence-electron chi connectivity index (χ2n) is 5.63. The van der Waals surface area contributed by atoms with Gasteiger partial charge in [-0.3, -0.25) is 19.7 Å². The average molecular weight is 298 g/mol. The van der Waals surface area contributed by atoms with Crippen molar-refractivity contribution in [3.8, 4) is 0 Å². The van der Waals surface area contributed by atoms with Crippen LogP contribution in [0.4, 0.5) is 0 Å². The summed E-state index contributed by atoms with van der Waals surface area (Å²) in [5, 5.41) is 10.2. The third-order valence-corrected chi connectivity index (χ3v) is 4.05. The van der Waals surface area contributed by atoms with E-state index in [0.717, 1.165) is 11.3 Å². The average Bonchev–Trinajstić information content (AvgIpc) is 2.89. The molecule has 0 radical (unpaired) electrons. The van der Waals surface area contributed by atoms with Gasteiger partial charge < -0.3 is 10.0 Å². The lowest BCUT2D eigenvalue weighted by Crippen LogP contribution is -2.30. The zero-order valence-corrected chi connectivity index (χ0v) is 12.4. The molecule has 0 aliphatic carbocycles. The Morgan fingerprint density at radius 3 is 2.82 bits per heavy atom. The summed E-state index contributed by atoms with van der Waals surface area (Å²) < 4.78 is 0. The molecule has 0 saturated carbocycles. The van der Waals surface area contributed by atoms with Gasteiger partial charge in [0.15, 0.2) is 0 Å². The molecule has 2 atom stereocenters. The van der Waals surface area contributed by atoms with Crippen molar-refractivity contribution in [1.82, 2.24) is 19.9 Å². The minimum atomic E-state index is -0.539. The van der Waals surface area contributed by atoms with Crippen LogP contribution in [0.15, 0.2) is 37.1 Å². The summed E-state index contributed by atoms with van der Waals surface area (Å²) in [6.07, 6.45) is 8.28. The molecule has 1 aliphatic heterocycles. The molecule has 1 saturated heterocycles. The zero-order valence-electron chi connectivity index (χ0n) is 12.4. The number of β-amino-alcohol motifs (C(OH)–C–C–N with tert-alkyl or cyclic N) is 1. The van der Waals surface area contributed by atoms with Gasteiger partial charge in [0, 0.05) is 50.0 Å². The van der Waals surface area contributed by atoms with Gasteiger partial charge in [-0.15, -0.1) is 0 Å². The number of pyridine rings is 1. The molecule has 2 aromatic rings. The number of aliphatic hydroxyl groups is 1. The van der Waals surface area contributed by atoms with Crippen molar-refractivity contribution in [3.05, 3.63) is 53.9 Å². The van der Waals surface area contributed by atoms with Crippen LogP contribution >= 0.6 is 0 Å². The van der Waals surface area contributed by atoms with Crippen LogP contribution in [-0.4, -0.2) is 50.1 Å². The van der Waals surface area contributed by atoms with E-state index in [-0.39, 0.29) is 11.8 Å². The van der Waals surface area contributed by atoms with Gasteiger partial charge in [-0.25, -0.2) is 0 Å². The molecular formula is C16H18N4O2. The lowest BCUT2D eigenvalue weighted by molar-refractivity contribution is 0.0763. The van der Waals surface area contributed by atoms with Gasteiger partial charge in [0.2, 0.25) is 0 Å². The molecule has 6 nitrogen and oxygen atoms in total. The lowest BCUT2D eigenvalue weighted by atomic mass is 10.0. The van der Waals surface area contributed by atoms with Crippen LogP contribution in [0.2, 0.25) is 0 Å². The van der Waals surface area contributed by atoms with Crippen LogP contribution < -0.4 is 0 Å². The summed E-state index contributed by atoms with van der Waals surface area (Å²) in [4.78, 5) is 26.5. The predicted octanol–water partition coefficient (Wildman–Crippen LogP) is 0.856. The molecule has 2 aromatic heterocycles. The van der Waals surface area contributed by atoms with E-state index >= 15 is 0 Å². The number of amides is 1. The summed E-state index contributed by atoms with van der Waals surface area (Å²) in [6, 6.07) is 1.82. The fraction of sp³-hybridized carbons (Fsp3) is 0.375. The fourth-order valence-corrected chi connectivity index (χ4v) is 2.78. The smallest absolute Gasteiger partial charge is 0.255 e. The molecule has 3 heterocycles. The van der Waals surface area contributed by atoms with Crippen molar-refractivity contribution in [1.29, 1.82) is 0 Å². The molecule has 0 aromatic carbocycles. The number of aliphatic hydroxyl groups excluding tert-OH is 1. The maximum absolute atomic E-state index is 12.6. The summed E-state index contributed by atoms with van der Waals surface area (Å²) in [6.45, 7) is 2.75. The summed E-state index contributed by atoms with van der Waals surface area (Å²) in [5.74, 6) is -0.0936. The number of hydrogen-bond acceptors (Lipinski definition) is 5. The van der Waals surface area contributed by atoms with Gasteiger partial charge in [0.25, 0.3) is 5.91 Å². The molecule has 1 aliphatic rings. The van der Waals surface area contributed by atoms with Crippen LogP contribution in [0, 0.1) is 12.8 Å². The highest BCUT2D eigenvalue weighted by Gasteiger charge is 2.35. The quantitative estimate of drug-likeness (QED) is 0.909. The molecule has 114 valence electrons. The second kappa shape index (κ2) is 6.19. The van der Waals surface area contributed by atoms with Gasteiger partial charge in [0.05, 0.1) is 17.4 Å². The number of aromatic nitrogens is 3. The highest BCUT2D eigenvalue weighted by molar-refractivity contribution is 5.95. The Kier molecular flexibility index (Phi) is 4.11. The number of carbonyl (C=O) groups excluding carboxylic acids is 1. The Bertz CT molecular complexity index is 662. The molecule has 3 rings (SSSR count). The van der Waals surface area contributed by atoms with Crippen molar-refractivity contribution in [3.63, 3.8) is 0 Å². The number of rotatable bonds is 3. The maximum Gasteiger partial charge on any atom is 0.255 e. The summed E-state index contributed by atoms with van der Waals surface area (Å²) >= 11 is 0. The van der Waals surface area contributed by atoms with E-state index in [2.05, 4.69) is 15.0 Å². The first-order valence-electron chi connectivity index (χ1n) is 7.28. The largest absolute Gasteiger partial charge is 0.391 e. The van der Waals surface area contributed by atoms with E-state index in [4.69, 9.17) is 0 Å². The summed E-state index contributed by atoms with van der Waals surface area (Å²) in [7, 11) is 0. The van der Waals surface area contributed by atoms with E-state index in [9.17, 15) is 9.90 Å². The van der Waals surface area contributed by atoms with Crippen LogP contribution in [0.25, 0.3) is 0 Å². The lowest BCUT2D eigenvalue weighted by Gasteiger charge is -2.17. The van der Waals surface area contributed by atoms with E-state index in [0.29, 0.717) is 25.1 Å². The van der Waals surface area contributed by atoms with Gasteiger partial charge >= 0.3 is 0 Å². The highest BCUT2D eigenvalue weighted by atomic mass is 16.3. The number of likely N-dealkylation sites (tertiary alicyclic amines) is 1. The van der Waals surface area contributed by atoms with Crippen LogP contribution in [-0.2, 0) is 6.42 Å². The number of hydrogen-bond donors (Lipinski definition) is 1. The van der Waals surface area contributed by atoms with Crippen molar-refractivity contribution in [2.45, 2.75) is 19.4 Å². The van der Waals surface area contributed by atoms with Crippen molar-refractivity contribution < 1.29 is 9.90 Å². The van der Waals surface area contributed by atoms with E-state index in [1.54, 1.807) is 35.9 Å². The molecule has 22 heavy (non-hydrogen) atoms. The Balaban J connectivity index is 1.70. The Morgan fingerprint density at radius 1 is 1.27 bits per heavy atom. The Labute approximate surface area is 128 Å². The first-order chi connectivity index (χ1) is 10.6. The number of aryl methyl sites for hydroxylation is 1. The minimum absolute atomic E-state index is 0.0161. The van der Waals surface area contributed by atoms with Crippen molar-refractivity contribution >= 4 is 5.91 Å². The third-order valence-electron chi connectivity index (χ3n) is 4.05. The fourth-order valence-electron chi connectivity index (χ4n) is 2.78. The van der Waals surface area contributed by atoms with Crippen molar-refractivity contribution in [2.24, 2.45) is 5.92 Å². The third kappa shape index (κ3) is 2.96. The molecule has 0 unspecified atom stereocenters. The molecule has 0 bridgehead atoms. The second-order valence-corrected chi connectivity index (χ2v) is 5.63. The van der Waals surface area contributed by atoms with Crippen LogP contribution in [0.1, 0.15) is 21.6 Å². The Hall–Kier alpha value is -2.34. The minimum Gasteiger partial charge on any atom is -0.391 e. The predicted molar refractivity (Wildman–Crippen MR) is 80.1 cm³/mol. The Morgan fingerprint density at radius 2 is 2.09 bits per heavy atom. The monoisotopic (exact) mass is 298 g/mol. The number of carbonyl (C=O) groups is 1. The van der Waals surface area contributed by atoms with E-state index in [1.165, 1.54) is 0 Å². The zero-order chi connectivity index (χ0) is 15.5. The normalized spacial score (nSPS) is 21.1. The first kappa shape index (κ1) is 14.6. The van der Waals surface area contributed by atoms with Crippen molar-refractivity contribution in [2.75, 3.05) is 13.1 Å². The van der Waals surface area contributed by atoms with Gasteiger partial charge in [-0.05, 0) is 25.0 Å². The molecule has 0 spiro atoms. The molecular weight excluding hydrogens is 280 g/mol. The van der Waals surface area contributed by atoms with E-state index in [1.807, 2.05) is 13.0 Å². The number of nitrogens with zero attached hydrogens (tertiary/aromatic N) is 4. The van der Waals surface area contributed by atoms with Gasteiger partial charge in [-0.2, -0.15) is 0 Å². The maximum atomic E-state index is 12.6. The standard InChI is InChI=1S/C16H18N4O2/c1-11-2-3-17-8-14(11)16(22)20-9-12(15(21)10-20)6-13-7-18-4-5-19-13/h2-5,7-8,12,15,21H,6,9-10H2,1H3/t12-,15-/m1/s1. The van der Waals surface area contributed by atoms with Gasteiger partial charge in [-0.1, -0.05) is 0 Å². The molecule has 1 N–H and O–H groups in total. The molecule has 6 heteroatoms. The summed E-state index contributed by atoms with van der Waals surface area (Å²) in [5.41, 5.74) is 2.32. The SMILES string of the molecule is Cc1ccncc1C(=O)N1C[C@@H](Cc2cnccn2)[C@H](O)C1. The molecule has 1 amide bonds. The topological polar surface area (TPSA) is 79.2 Å². The van der Waals surface area contributed by atoms with Crippen LogP contribution in [0.5, 0.6) is 0 Å². The van der Waals surface area contributed by atoms with Gasteiger partial charge in [0.1, 0.15) is 0 Å². The highest BCUT2D eigenvalue weighted by Crippen LogP contribution is 2.23. The first-order valence-corrected chi connectivity index (χ1v) is 7.28. The van der Waals surface area contributed by atoms with Crippen LogP contribution in [0.3, 0.4) is 0 Å². The molecule has 1 fully saturated rings. The van der Waals surface area contributed by atoms with E-state index < -0.39 is 6.10 Å².